The van der Waals surface area contributed by atoms with Crippen LogP contribution in [0.15, 0.2) is 36.5 Å². The average molecular weight is 469 g/mol. The number of halogens is 1. The second-order valence-electron chi connectivity index (χ2n) is 9.18. The molecule has 2 saturated heterocycles. The van der Waals surface area contributed by atoms with Gasteiger partial charge in [-0.05, 0) is 44.0 Å². The minimum Gasteiger partial charge on any atom is -0.473 e. The van der Waals surface area contributed by atoms with E-state index in [9.17, 15) is 4.79 Å². The van der Waals surface area contributed by atoms with E-state index in [0.29, 0.717) is 48.5 Å². The Hall–Kier alpha value is -3.02. The number of carbonyl (C=O) groups excluding carboxylic acids is 1. The Kier molecular flexibility index (Phi) is 5.77. The zero-order valence-corrected chi connectivity index (χ0v) is 19.0. The van der Waals surface area contributed by atoms with Gasteiger partial charge in [-0.25, -0.2) is 9.78 Å². The van der Waals surface area contributed by atoms with Gasteiger partial charge in [0, 0.05) is 42.9 Å². The van der Waals surface area contributed by atoms with E-state index in [-0.39, 0.29) is 29.6 Å². The molecule has 2 aromatic rings. The summed E-state index contributed by atoms with van der Waals surface area (Å²) in [6, 6.07) is 10.8. The van der Waals surface area contributed by atoms with Gasteiger partial charge in [-0.1, -0.05) is 11.6 Å². The van der Waals surface area contributed by atoms with Crippen LogP contribution in [0.5, 0.6) is 5.88 Å². The van der Waals surface area contributed by atoms with Crippen molar-refractivity contribution in [2.75, 3.05) is 31.6 Å². The Bertz CT molecular complexity index is 1090. The monoisotopic (exact) mass is 468 g/mol. The molecule has 0 radical (unpaired) electrons. The SMILES string of the molecule is CC1(OC(=O)N2CC3COCC(C2)C3Oc2cc(Nc3ccc(C#N)cc3Cl)ccn2)CC1. The van der Waals surface area contributed by atoms with Crippen molar-refractivity contribution < 1.29 is 19.0 Å². The van der Waals surface area contributed by atoms with Crippen molar-refractivity contribution in [3.8, 4) is 11.9 Å². The van der Waals surface area contributed by atoms with Gasteiger partial charge in [0.15, 0.2) is 0 Å². The van der Waals surface area contributed by atoms with E-state index in [1.54, 1.807) is 29.3 Å². The van der Waals surface area contributed by atoms with Gasteiger partial charge in [0.25, 0.3) is 0 Å². The normalized spacial score (nSPS) is 25.0. The lowest BCUT2D eigenvalue weighted by Gasteiger charge is -2.46. The molecule has 1 aliphatic carbocycles. The number of piperidine rings is 1. The van der Waals surface area contributed by atoms with Crippen molar-refractivity contribution in [2.24, 2.45) is 11.8 Å². The molecule has 172 valence electrons. The number of carbonyl (C=O) groups is 1. The molecule has 2 atom stereocenters. The molecule has 2 unspecified atom stereocenters. The van der Waals surface area contributed by atoms with Crippen LogP contribution in [0.2, 0.25) is 5.02 Å². The van der Waals surface area contributed by atoms with E-state index in [1.165, 1.54) is 0 Å². The van der Waals surface area contributed by atoms with Gasteiger partial charge in [-0.2, -0.15) is 5.26 Å². The Labute approximate surface area is 197 Å². The predicted molar refractivity (Wildman–Crippen MR) is 122 cm³/mol. The number of hydrogen-bond acceptors (Lipinski definition) is 7. The molecule has 8 nitrogen and oxygen atoms in total. The van der Waals surface area contributed by atoms with Gasteiger partial charge in [0.1, 0.15) is 11.7 Å². The largest absolute Gasteiger partial charge is 0.473 e. The van der Waals surface area contributed by atoms with Crippen LogP contribution in [0.1, 0.15) is 25.3 Å². The molecule has 2 bridgehead atoms. The molecular weight excluding hydrogens is 444 g/mol. The van der Waals surface area contributed by atoms with Gasteiger partial charge in [-0.15, -0.1) is 0 Å². The lowest BCUT2D eigenvalue weighted by Crippen LogP contribution is -2.59. The standard InChI is InChI=1S/C24H25ClN4O4/c1-24(5-6-24)33-23(30)29-11-16-13-31-14-17(12-29)22(16)32-21-9-18(4-7-27-21)28-20-3-2-15(10-26)8-19(20)25/h2-4,7-9,16-17,22H,5-6,11-14H2,1H3,(H,27,28). The van der Waals surface area contributed by atoms with Crippen LogP contribution in [-0.2, 0) is 9.47 Å². The number of nitriles is 1. The maximum atomic E-state index is 12.6. The smallest absolute Gasteiger partial charge is 0.410 e. The number of hydrogen-bond donors (Lipinski definition) is 1. The third-order valence-electron chi connectivity index (χ3n) is 6.42. The number of likely N-dealkylation sites (tertiary alicyclic amines) is 1. The fraction of sp³-hybridized carbons (Fsp3) is 0.458. The first kappa shape index (κ1) is 21.8. The second kappa shape index (κ2) is 8.73. The Balaban J connectivity index is 1.26. The number of rotatable bonds is 5. The van der Waals surface area contributed by atoms with E-state index in [1.807, 2.05) is 19.1 Å². The number of aromatic nitrogens is 1. The summed E-state index contributed by atoms with van der Waals surface area (Å²) < 4.78 is 17.7. The van der Waals surface area contributed by atoms with Gasteiger partial charge >= 0.3 is 6.09 Å². The Morgan fingerprint density at radius 3 is 2.70 bits per heavy atom. The molecule has 9 heteroatoms. The van der Waals surface area contributed by atoms with Crippen molar-refractivity contribution in [1.29, 1.82) is 5.26 Å². The number of nitrogens with one attached hydrogen (secondary N) is 1. The summed E-state index contributed by atoms with van der Waals surface area (Å²) in [6.07, 6.45) is 3.19. The van der Waals surface area contributed by atoms with Crippen LogP contribution in [0.3, 0.4) is 0 Å². The number of fused-ring (bicyclic) bond motifs is 2. The van der Waals surface area contributed by atoms with Crippen LogP contribution in [-0.4, -0.2) is 54.0 Å². The highest BCUT2D eigenvalue weighted by Crippen LogP contribution is 2.40. The average Bonchev–Trinajstić information content (AvgIpc) is 3.51. The van der Waals surface area contributed by atoms with Crippen LogP contribution < -0.4 is 10.1 Å². The zero-order chi connectivity index (χ0) is 23.0. The zero-order valence-electron chi connectivity index (χ0n) is 18.3. The highest BCUT2D eigenvalue weighted by molar-refractivity contribution is 6.33. The Morgan fingerprint density at radius 2 is 2.03 bits per heavy atom. The molecule has 3 aliphatic rings. The molecule has 0 spiro atoms. The van der Waals surface area contributed by atoms with Crippen molar-refractivity contribution in [3.63, 3.8) is 0 Å². The first-order chi connectivity index (χ1) is 15.9. The molecule has 1 saturated carbocycles. The molecule has 3 fully saturated rings. The van der Waals surface area contributed by atoms with E-state index in [4.69, 9.17) is 31.1 Å². The van der Waals surface area contributed by atoms with Crippen LogP contribution >= 0.6 is 11.6 Å². The lowest BCUT2D eigenvalue weighted by atomic mass is 9.84. The number of nitrogens with zero attached hydrogens (tertiary/aromatic N) is 3. The number of benzene rings is 1. The molecule has 1 amide bonds. The Morgan fingerprint density at radius 1 is 1.27 bits per heavy atom. The van der Waals surface area contributed by atoms with Gasteiger partial charge in [0.05, 0.1) is 35.6 Å². The summed E-state index contributed by atoms with van der Waals surface area (Å²) in [7, 11) is 0. The van der Waals surface area contributed by atoms with Gasteiger partial charge in [-0.3, -0.25) is 0 Å². The van der Waals surface area contributed by atoms with E-state index >= 15 is 0 Å². The molecule has 1 aromatic carbocycles. The summed E-state index contributed by atoms with van der Waals surface area (Å²) in [5.41, 5.74) is 1.67. The lowest BCUT2D eigenvalue weighted by molar-refractivity contribution is -0.111. The minimum atomic E-state index is -0.286. The molecule has 33 heavy (non-hydrogen) atoms. The summed E-state index contributed by atoms with van der Waals surface area (Å²) in [6.45, 7) is 4.11. The quantitative estimate of drug-likeness (QED) is 0.696. The van der Waals surface area contributed by atoms with Crippen molar-refractivity contribution >= 4 is 29.1 Å². The van der Waals surface area contributed by atoms with Crippen molar-refractivity contribution in [1.82, 2.24) is 9.88 Å². The van der Waals surface area contributed by atoms with Crippen LogP contribution in [0.4, 0.5) is 16.2 Å². The maximum Gasteiger partial charge on any atom is 0.410 e. The topological polar surface area (TPSA) is 96.7 Å². The number of pyridine rings is 1. The summed E-state index contributed by atoms with van der Waals surface area (Å²) in [5, 5.41) is 12.7. The fourth-order valence-electron chi connectivity index (χ4n) is 4.33. The highest BCUT2D eigenvalue weighted by Gasteiger charge is 2.47. The van der Waals surface area contributed by atoms with Crippen molar-refractivity contribution in [3.05, 3.63) is 47.1 Å². The maximum absolute atomic E-state index is 12.6. The molecule has 1 aromatic heterocycles. The molecule has 1 N–H and O–H groups in total. The summed E-state index contributed by atoms with van der Waals surface area (Å²) in [5.74, 6) is 0.583. The third kappa shape index (κ3) is 4.85. The predicted octanol–water partition coefficient (Wildman–Crippen LogP) is 4.36. The molecule has 2 aliphatic heterocycles. The first-order valence-electron chi connectivity index (χ1n) is 11.1. The fourth-order valence-corrected chi connectivity index (χ4v) is 4.55. The summed E-state index contributed by atoms with van der Waals surface area (Å²) >= 11 is 6.28. The number of ether oxygens (including phenoxy) is 3. The van der Waals surface area contributed by atoms with E-state index in [0.717, 1.165) is 18.5 Å². The van der Waals surface area contributed by atoms with Crippen molar-refractivity contribution in [2.45, 2.75) is 31.5 Å². The van der Waals surface area contributed by atoms with E-state index < -0.39 is 0 Å². The second-order valence-corrected chi connectivity index (χ2v) is 9.58. The highest BCUT2D eigenvalue weighted by atomic mass is 35.5. The van der Waals surface area contributed by atoms with Gasteiger partial charge < -0.3 is 24.4 Å². The van der Waals surface area contributed by atoms with Crippen LogP contribution in [0, 0.1) is 23.2 Å². The molecular formula is C24H25ClN4O4. The molecule has 5 rings (SSSR count). The van der Waals surface area contributed by atoms with E-state index in [2.05, 4.69) is 16.4 Å². The first-order valence-corrected chi connectivity index (χ1v) is 11.5. The van der Waals surface area contributed by atoms with Gasteiger partial charge in [0.2, 0.25) is 5.88 Å². The number of amides is 1. The molecule has 3 heterocycles. The number of anilines is 2. The summed E-state index contributed by atoms with van der Waals surface area (Å²) in [4.78, 5) is 18.8. The minimum absolute atomic E-state index is 0.0449. The third-order valence-corrected chi connectivity index (χ3v) is 6.73. The van der Waals surface area contributed by atoms with Crippen LogP contribution in [0.25, 0.3) is 0 Å².